The van der Waals surface area contributed by atoms with Gasteiger partial charge in [-0.1, -0.05) is 134 Å². The van der Waals surface area contributed by atoms with E-state index >= 15 is 0 Å². The molecule has 1 heterocycles. The van der Waals surface area contributed by atoms with E-state index in [1.54, 1.807) is 0 Å². The average Bonchev–Trinajstić information content (AvgIpc) is 3.43. The molecule has 0 aliphatic heterocycles. The van der Waals surface area contributed by atoms with E-state index < -0.39 is 0 Å². The molecule has 7 aromatic carbocycles. The molecule has 0 amide bonds. The van der Waals surface area contributed by atoms with E-state index in [9.17, 15) is 0 Å². The Morgan fingerprint density at radius 3 is 1.68 bits per heavy atom. The van der Waals surface area contributed by atoms with Crippen LogP contribution in [0.15, 0.2) is 151 Å². The number of furan rings is 1. The summed E-state index contributed by atoms with van der Waals surface area (Å²) in [6.45, 7) is 6.03. The van der Waals surface area contributed by atoms with Gasteiger partial charge in [0.2, 0.25) is 0 Å². The van der Waals surface area contributed by atoms with Crippen molar-refractivity contribution in [2.45, 2.75) is 6.92 Å². The topological polar surface area (TPSA) is 13.1 Å². The van der Waals surface area contributed by atoms with Crippen molar-refractivity contribution in [1.82, 2.24) is 0 Å². The van der Waals surface area contributed by atoms with Gasteiger partial charge in [0, 0.05) is 10.9 Å². The molecule has 208 valence electrons. The normalized spacial score (nSPS) is 11.8. The third kappa shape index (κ3) is 4.17. The van der Waals surface area contributed by atoms with Gasteiger partial charge in [0.1, 0.15) is 11.3 Å². The van der Waals surface area contributed by atoms with Gasteiger partial charge in [-0.05, 0) is 96.9 Å². The summed E-state index contributed by atoms with van der Waals surface area (Å²) in [5.74, 6) is 0.843. The summed E-state index contributed by atoms with van der Waals surface area (Å²) in [6, 6.07) is 48.5. The van der Waals surface area contributed by atoms with Crippen LogP contribution in [0.4, 0.5) is 0 Å². The Kier molecular flexibility index (Phi) is 6.24. The predicted molar refractivity (Wildman–Crippen MR) is 190 cm³/mol. The quantitative estimate of drug-likeness (QED) is 0.190. The molecule has 0 aliphatic carbocycles. The molecule has 0 radical (unpaired) electrons. The Bertz CT molecular complexity index is 2340. The third-order valence-corrected chi connectivity index (χ3v) is 8.75. The largest absolute Gasteiger partial charge is 0.456 e. The van der Waals surface area contributed by atoms with Gasteiger partial charge in [-0.25, -0.2) is 0 Å². The maximum absolute atomic E-state index is 6.08. The summed E-state index contributed by atoms with van der Waals surface area (Å²) in [7, 11) is 0. The van der Waals surface area contributed by atoms with E-state index in [4.69, 9.17) is 4.42 Å². The Morgan fingerprint density at radius 1 is 0.500 bits per heavy atom. The highest BCUT2D eigenvalue weighted by Crippen LogP contribution is 2.44. The molecule has 1 nitrogen and oxygen atoms in total. The van der Waals surface area contributed by atoms with Crippen LogP contribution in [-0.2, 0) is 0 Å². The lowest BCUT2D eigenvalue weighted by atomic mass is 9.85. The van der Waals surface area contributed by atoms with E-state index in [-0.39, 0.29) is 0 Å². The Hall–Kier alpha value is -5.66. The van der Waals surface area contributed by atoms with Crippen LogP contribution in [0.25, 0.3) is 88.8 Å². The molecule has 0 N–H and O–H groups in total. The van der Waals surface area contributed by atoms with E-state index in [0.29, 0.717) is 0 Å². The summed E-state index contributed by atoms with van der Waals surface area (Å²) < 4.78 is 6.08. The Morgan fingerprint density at radius 2 is 1.05 bits per heavy atom. The van der Waals surface area contributed by atoms with E-state index in [0.717, 1.165) is 27.9 Å². The smallest absolute Gasteiger partial charge is 0.135 e. The van der Waals surface area contributed by atoms with Crippen LogP contribution in [0.1, 0.15) is 18.2 Å². The van der Waals surface area contributed by atoms with Crippen molar-refractivity contribution in [1.29, 1.82) is 0 Å². The number of fused-ring (bicyclic) bond motifs is 4. The molecule has 8 rings (SSSR count). The SMILES string of the molecule is C=Cc1c(/C=C\C)oc2ccc(-c3ccc(-c4c5ccccc5c(-c5ccc6ccccc6c5)c5ccccc45)cc3)cc12. The summed E-state index contributed by atoms with van der Waals surface area (Å²) in [5.41, 5.74) is 9.22. The number of hydrogen-bond donors (Lipinski definition) is 0. The van der Waals surface area contributed by atoms with Gasteiger partial charge in [0.15, 0.2) is 0 Å². The fourth-order valence-corrected chi connectivity index (χ4v) is 6.73. The summed E-state index contributed by atoms with van der Waals surface area (Å²) in [6.07, 6.45) is 5.86. The number of rotatable bonds is 5. The minimum absolute atomic E-state index is 0.843. The van der Waals surface area contributed by atoms with Crippen molar-refractivity contribution in [3.8, 4) is 33.4 Å². The molecular weight excluding hydrogens is 532 g/mol. The standard InChI is InChI=1S/C43H30O/c1-3-11-40-34(4-2)39-27-32(24-25-41(39)44-40)29-18-21-30(22-19-29)42-35-14-7-9-16-37(35)43(38-17-10-8-15-36(38)42)33-23-20-28-12-5-6-13-31(28)26-33/h3-27H,2H2,1H3/b11-3-. The van der Waals surface area contributed by atoms with Crippen LogP contribution in [0.2, 0.25) is 0 Å². The zero-order valence-electron chi connectivity index (χ0n) is 24.5. The first-order valence-electron chi connectivity index (χ1n) is 15.1. The molecule has 0 saturated carbocycles. The van der Waals surface area contributed by atoms with Crippen LogP contribution in [0.5, 0.6) is 0 Å². The van der Waals surface area contributed by atoms with E-state index in [1.165, 1.54) is 60.1 Å². The highest BCUT2D eigenvalue weighted by molar-refractivity contribution is 6.21. The molecule has 44 heavy (non-hydrogen) atoms. The van der Waals surface area contributed by atoms with Crippen LogP contribution in [0, 0.1) is 0 Å². The van der Waals surface area contributed by atoms with Crippen molar-refractivity contribution >= 4 is 55.4 Å². The molecule has 0 bridgehead atoms. The van der Waals surface area contributed by atoms with Crippen LogP contribution < -0.4 is 0 Å². The van der Waals surface area contributed by atoms with Gasteiger partial charge in [-0.2, -0.15) is 0 Å². The van der Waals surface area contributed by atoms with Crippen molar-refractivity contribution < 1.29 is 4.42 Å². The number of allylic oxidation sites excluding steroid dienone is 1. The zero-order valence-corrected chi connectivity index (χ0v) is 24.5. The molecule has 1 heteroatoms. The lowest BCUT2D eigenvalue weighted by Crippen LogP contribution is -1.91. The lowest BCUT2D eigenvalue weighted by molar-refractivity contribution is 0.603. The highest BCUT2D eigenvalue weighted by atomic mass is 16.3. The average molecular weight is 563 g/mol. The Balaban J connectivity index is 1.29. The minimum atomic E-state index is 0.843. The van der Waals surface area contributed by atoms with Gasteiger partial charge >= 0.3 is 0 Å². The molecule has 0 saturated heterocycles. The fourth-order valence-electron chi connectivity index (χ4n) is 6.73. The molecule has 0 aliphatic rings. The molecular formula is C43H30O. The van der Waals surface area contributed by atoms with Crippen molar-refractivity contribution in [3.05, 3.63) is 157 Å². The Labute approximate surface area is 257 Å². The summed E-state index contributed by atoms with van der Waals surface area (Å²) in [4.78, 5) is 0. The second-order valence-electron chi connectivity index (χ2n) is 11.3. The van der Waals surface area contributed by atoms with Crippen molar-refractivity contribution in [2.75, 3.05) is 0 Å². The zero-order chi connectivity index (χ0) is 29.6. The molecule has 8 aromatic rings. The van der Waals surface area contributed by atoms with Gasteiger partial charge in [0.25, 0.3) is 0 Å². The maximum atomic E-state index is 6.08. The first-order chi connectivity index (χ1) is 21.7. The van der Waals surface area contributed by atoms with Gasteiger partial charge < -0.3 is 4.42 Å². The van der Waals surface area contributed by atoms with Gasteiger partial charge in [-0.15, -0.1) is 0 Å². The molecule has 1 aromatic heterocycles. The summed E-state index contributed by atoms with van der Waals surface area (Å²) >= 11 is 0. The van der Waals surface area contributed by atoms with Crippen LogP contribution in [-0.4, -0.2) is 0 Å². The highest BCUT2D eigenvalue weighted by Gasteiger charge is 2.17. The first kappa shape index (κ1) is 26.0. The molecule has 0 fully saturated rings. The predicted octanol–water partition coefficient (Wildman–Crippen LogP) is 12.6. The first-order valence-corrected chi connectivity index (χ1v) is 15.1. The van der Waals surface area contributed by atoms with Crippen molar-refractivity contribution in [3.63, 3.8) is 0 Å². The third-order valence-electron chi connectivity index (χ3n) is 8.75. The molecule has 0 spiro atoms. The number of benzene rings is 7. The lowest BCUT2D eigenvalue weighted by Gasteiger charge is -2.18. The van der Waals surface area contributed by atoms with E-state index in [1.807, 2.05) is 25.2 Å². The minimum Gasteiger partial charge on any atom is -0.456 e. The second-order valence-corrected chi connectivity index (χ2v) is 11.3. The van der Waals surface area contributed by atoms with Gasteiger partial charge in [0.05, 0.1) is 0 Å². The monoisotopic (exact) mass is 562 g/mol. The molecule has 0 atom stereocenters. The van der Waals surface area contributed by atoms with E-state index in [2.05, 4.69) is 140 Å². The molecule has 0 unspecified atom stereocenters. The van der Waals surface area contributed by atoms with Crippen LogP contribution >= 0.6 is 0 Å². The fraction of sp³-hybridized carbons (Fsp3) is 0.0233. The van der Waals surface area contributed by atoms with Crippen LogP contribution in [0.3, 0.4) is 0 Å². The summed E-state index contributed by atoms with van der Waals surface area (Å²) in [5, 5.41) is 8.64. The second kappa shape index (κ2) is 10.6. The number of hydrogen-bond acceptors (Lipinski definition) is 1. The van der Waals surface area contributed by atoms with Gasteiger partial charge in [-0.3, -0.25) is 0 Å². The van der Waals surface area contributed by atoms with Crippen molar-refractivity contribution in [2.24, 2.45) is 0 Å². The maximum Gasteiger partial charge on any atom is 0.135 e.